The summed E-state index contributed by atoms with van der Waals surface area (Å²) in [5.41, 5.74) is -0.173. The molecule has 20 heavy (non-hydrogen) atoms. The van der Waals surface area contributed by atoms with Gasteiger partial charge in [0.15, 0.2) is 0 Å². The molecule has 4 nitrogen and oxygen atoms in total. The first-order valence-corrected chi connectivity index (χ1v) is 6.61. The second-order valence-corrected chi connectivity index (χ2v) is 4.77. The van der Waals surface area contributed by atoms with Crippen molar-refractivity contribution >= 4 is 23.5 Å². The van der Waals surface area contributed by atoms with E-state index in [0.717, 1.165) is 0 Å². The predicted octanol–water partition coefficient (Wildman–Crippen LogP) is 2.75. The summed E-state index contributed by atoms with van der Waals surface area (Å²) in [6, 6.07) is 4.06. The molecule has 1 atom stereocenters. The van der Waals surface area contributed by atoms with Crippen LogP contribution >= 0.6 is 11.6 Å². The van der Waals surface area contributed by atoms with Crippen LogP contribution in [0.5, 0.6) is 0 Å². The smallest absolute Gasteiger partial charge is 0.310 e. The van der Waals surface area contributed by atoms with Crippen LogP contribution in [-0.4, -0.2) is 37.0 Å². The number of ether oxygens (including phenoxy) is 1. The van der Waals surface area contributed by atoms with Crippen molar-refractivity contribution in [1.82, 2.24) is 4.90 Å². The molecule has 110 valence electrons. The van der Waals surface area contributed by atoms with Crippen LogP contribution < -0.4 is 0 Å². The molecule has 6 heteroatoms. The average molecular weight is 302 g/mol. The Balaban J connectivity index is 2.95. The van der Waals surface area contributed by atoms with E-state index in [1.54, 1.807) is 13.8 Å². The molecule has 0 aliphatic rings. The van der Waals surface area contributed by atoms with Gasteiger partial charge in [-0.15, -0.1) is 0 Å². The van der Waals surface area contributed by atoms with Crippen LogP contribution in [0.2, 0.25) is 5.02 Å². The number of nitrogens with zero attached hydrogens (tertiary/aromatic N) is 1. The number of amides is 1. The molecule has 0 aromatic heterocycles. The number of rotatable bonds is 5. The molecule has 0 aliphatic heterocycles. The lowest BCUT2D eigenvalue weighted by atomic mass is 10.1. The molecule has 0 radical (unpaired) electrons. The number of carbonyl (C=O) groups excluding carboxylic acids is 2. The minimum atomic E-state index is -0.674. The van der Waals surface area contributed by atoms with Crippen molar-refractivity contribution in [2.24, 2.45) is 5.92 Å². The van der Waals surface area contributed by atoms with E-state index in [1.807, 2.05) is 0 Å². The quantitative estimate of drug-likeness (QED) is 0.786. The van der Waals surface area contributed by atoms with Gasteiger partial charge in [-0.1, -0.05) is 24.6 Å². The molecule has 0 fully saturated rings. The van der Waals surface area contributed by atoms with E-state index in [4.69, 9.17) is 11.6 Å². The lowest BCUT2D eigenvalue weighted by Crippen LogP contribution is -2.37. The lowest BCUT2D eigenvalue weighted by Gasteiger charge is -2.24. The summed E-state index contributed by atoms with van der Waals surface area (Å²) in [7, 11) is 1.28. The molecule has 0 saturated heterocycles. The van der Waals surface area contributed by atoms with E-state index >= 15 is 0 Å². The molecule has 1 amide bonds. The number of hydrogen-bond acceptors (Lipinski definition) is 3. The average Bonchev–Trinajstić information content (AvgIpc) is 2.43. The fourth-order valence-corrected chi connectivity index (χ4v) is 2.07. The number of esters is 1. The summed E-state index contributed by atoms with van der Waals surface area (Å²) in [5.74, 6) is -2.12. The fraction of sp³-hybridized carbons (Fsp3) is 0.429. The number of hydrogen-bond donors (Lipinski definition) is 0. The zero-order valence-electron chi connectivity index (χ0n) is 11.7. The molecule has 0 heterocycles. The van der Waals surface area contributed by atoms with E-state index in [0.29, 0.717) is 6.54 Å². The van der Waals surface area contributed by atoms with Gasteiger partial charge in [-0.25, -0.2) is 4.39 Å². The van der Waals surface area contributed by atoms with E-state index in [1.165, 1.54) is 30.2 Å². The molecule has 1 rings (SSSR count). The number of halogens is 2. The van der Waals surface area contributed by atoms with E-state index < -0.39 is 23.6 Å². The van der Waals surface area contributed by atoms with Gasteiger partial charge in [0.2, 0.25) is 0 Å². The first-order valence-electron chi connectivity index (χ1n) is 6.23. The van der Waals surface area contributed by atoms with Gasteiger partial charge in [0.1, 0.15) is 5.82 Å². The van der Waals surface area contributed by atoms with Gasteiger partial charge in [-0.3, -0.25) is 9.59 Å². The third kappa shape index (κ3) is 3.70. The monoisotopic (exact) mass is 301 g/mol. The third-order valence-corrected chi connectivity index (χ3v) is 3.26. The predicted molar refractivity (Wildman–Crippen MR) is 74.2 cm³/mol. The van der Waals surface area contributed by atoms with Crippen molar-refractivity contribution in [2.75, 3.05) is 20.2 Å². The SMILES string of the molecule is CCN(CC(C)C(=O)OC)C(=O)c1c(F)cccc1Cl. The zero-order valence-corrected chi connectivity index (χ0v) is 12.4. The maximum Gasteiger partial charge on any atom is 0.310 e. The minimum absolute atomic E-state index is 0.0548. The van der Waals surface area contributed by atoms with Crippen molar-refractivity contribution < 1.29 is 18.7 Å². The van der Waals surface area contributed by atoms with Gasteiger partial charge in [0.25, 0.3) is 5.91 Å². The minimum Gasteiger partial charge on any atom is -0.469 e. The lowest BCUT2D eigenvalue weighted by molar-refractivity contribution is -0.145. The first-order chi connectivity index (χ1) is 9.42. The summed E-state index contributed by atoms with van der Waals surface area (Å²) in [4.78, 5) is 25.1. The second kappa shape index (κ2) is 7.24. The molecular weight excluding hydrogens is 285 g/mol. The van der Waals surface area contributed by atoms with Crippen LogP contribution in [0, 0.1) is 11.7 Å². The summed E-state index contributed by atoms with van der Waals surface area (Å²) >= 11 is 5.87. The summed E-state index contributed by atoms with van der Waals surface area (Å²) in [6.07, 6.45) is 0. The topological polar surface area (TPSA) is 46.6 Å². The van der Waals surface area contributed by atoms with Gasteiger partial charge in [0.05, 0.1) is 23.6 Å². The number of methoxy groups -OCH3 is 1. The maximum absolute atomic E-state index is 13.7. The molecule has 1 unspecified atom stereocenters. The molecule has 0 aliphatic carbocycles. The van der Waals surface area contributed by atoms with E-state index in [9.17, 15) is 14.0 Å². The van der Waals surface area contributed by atoms with Crippen LogP contribution in [0.3, 0.4) is 0 Å². The van der Waals surface area contributed by atoms with Crippen molar-refractivity contribution in [2.45, 2.75) is 13.8 Å². The van der Waals surface area contributed by atoms with Crippen LogP contribution in [-0.2, 0) is 9.53 Å². The molecule has 0 spiro atoms. The maximum atomic E-state index is 13.7. The number of benzene rings is 1. The highest BCUT2D eigenvalue weighted by Gasteiger charge is 2.24. The Labute approximate surface area is 122 Å². The van der Waals surface area contributed by atoms with Gasteiger partial charge < -0.3 is 9.64 Å². The Morgan fingerprint density at radius 3 is 2.60 bits per heavy atom. The van der Waals surface area contributed by atoms with Crippen molar-refractivity contribution in [3.63, 3.8) is 0 Å². The van der Waals surface area contributed by atoms with Gasteiger partial charge >= 0.3 is 5.97 Å². The van der Waals surface area contributed by atoms with Crippen LogP contribution in [0.25, 0.3) is 0 Å². The standard InChI is InChI=1S/C14H17ClFNO3/c1-4-17(8-9(2)14(19)20-3)13(18)12-10(15)6-5-7-11(12)16/h5-7,9H,4,8H2,1-3H3. The Hall–Kier alpha value is -1.62. The first kappa shape index (κ1) is 16.4. The highest BCUT2D eigenvalue weighted by atomic mass is 35.5. The van der Waals surface area contributed by atoms with E-state index in [2.05, 4.69) is 4.74 Å². The largest absolute Gasteiger partial charge is 0.469 e. The van der Waals surface area contributed by atoms with Crippen LogP contribution in [0.1, 0.15) is 24.2 Å². The third-order valence-electron chi connectivity index (χ3n) is 2.94. The molecule has 1 aromatic carbocycles. The Morgan fingerprint density at radius 2 is 2.10 bits per heavy atom. The van der Waals surface area contributed by atoms with Crippen LogP contribution in [0.15, 0.2) is 18.2 Å². The van der Waals surface area contributed by atoms with E-state index in [-0.39, 0.29) is 17.1 Å². The normalized spacial score (nSPS) is 11.8. The van der Waals surface area contributed by atoms with Gasteiger partial charge in [-0.05, 0) is 19.1 Å². The van der Waals surface area contributed by atoms with Crippen molar-refractivity contribution in [3.05, 3.63) is 34.6 Å². The highest BCUT2D eigenvalue weighted by molar-refractivity contribution is 6.33. The Morgan fingerprint density at radius 1 is 1.45 bits per heavy atom. The molecule has 0 saturated carbocycles. The summed E-state index contributed by atoms with van der Waals surface area (Å²) in [6.45, 7) is 3.87. The molecular formula is C14H17ClFNO3. The summed E-state index contributed by atoms with van der Waals surface area (Å²) < 4.78 is 18.3. The molecule has 0 bridgehead atoms. The Bertz CT molecular complexity index is 487. The highest BCUT2D eigenvalue weighted by Crippen LogP contribution is 2.21. The summed E-state index contributed by atoms with van der Waals surface area (Å²) in [5, 5.41) is 0.0548. The van der Waals surface area contributed by atoms with Crippen molar-refractivity contribution in [3.8, 4) is 0 Å². The fourth-order valence-electron chi connectivity index (χ4n) is 1.82. The van der Waals surface area contributed by atoms with Gasteiger partial charge in [-0.2, -0.15) is 0 Å². The van der Waals surface area contributed by atoms with Crippen molar-refractivity contribution in [1.29, 1.82) is 0 Å². The second-order valence-electron chi connectivity index (χ2n) is 4.36. The van der Waals surface area contributed by atoms with Crippen LogP contribution in [0.4, 0.5) is 4.39 Å². The number of carbonyl (C=O) groups is 2. The van der Waals surface area contributed by atoms with Gasteiger partial charge in [0, 0.05) is 13.1 Å². The molecule has 0 N–H and O–H groups in total. The Kier molecular flexibility index (Phi) is 5.95. The molecule has 1 aromatic rings. The zero-order chi connectivity index (χ0) is 15.3.